The molecule has 1 saturated heterocycles. The molecule has 1 atom stereocenters. The van der Waals surface area contributed by atoms with Crippen LogP contribution in [0.3, 0.4) is 0 Å². The van der Waals surface area contributed by atoms with Gasteiger partial charge in [0.15, 0.2) is 0 Å². The minimum absolute atomic E-state index is 0.518. The van der Waals surface area contributed by atoms with Crippen molar-refractivity contribution in [3.05, 3.63) is 48.0 Å². The number of rotatable bonds is 2. The molecule has 0 aliphatic carbocycles. The summed E-state index contributed by atoms with van der Waals surface area (Å²) in [4.78, 5) is 2.62. The van der Waals surface area contributed by atoms with Crippen molar-refractivity contribution in [1.29, 1.82) is 0 Å². The number of nitrogens with zero attached hydrogens (tertiary/aromatic N) is 1. The molecule has 2 aromatic carbocycles. The fraction of sp³-hybridized carbons (Fsp3) is 0.412. The smallest absolute Gasteiger partial charge is 0.0326 e. The van der Waals surface area contributed by atoms with Crippen LogP contribution in [0.2, 0.25) is 0 Å². The van der Waals surface area contributed by atoms with Gasteiger partial charge in [0.25, 0.3) is 0 Å². The summed E-state index contributed by atoms with van der Waals surface area (Å²) in [5.41, 5.74) is 1.45. The third-order valence-corrected chi connectivity index (χ3v) is 4.15. The standard InChI is InChI=1S/C17H20N/c1-14(18-12-5-2-6-13-18)16-11-7-9-15-8-3-4-10-17(15)16/h3,7-11,14H,2,5-6,12-13H2,1H3. The lowest BCUT2D eigenvalue weighted by Gasteiger charge is -2.33. The Labute approximate surface area is 109 Å². The van der Waals surface area contributed by atoms with Crippen molar-refractivity contribution < 1.29 is 0 Å². The van der Waals surface area contributed by atoms with Gasteiger partial charge in [-0.2, -0.15) is 0 Å². The van der Waals surface area contributed by atoms with Gasteiger partial charge in [-0.3, -0.25) is 4.90 Å². The Bertz CT molecular complexity index is 521. The molecular formula is C17H20N. The summed E-state index contributed by atoms with van der Waals surface area (Å²) in [5.74, 6) is 0. The first-order chi connectivity index (χ1) is 8.86. The van der Waals surface area contributed by atoms with Crippen molar-refractivity contribution in [3.8, 4) is 0 Å². The summed E-state index contributed by atoms with van der Waals surface area (Å²) < 4.78 is 0. The van der Waals surface area contributed by atoms with Crippen molar-refractivity contribution in [3.63, 3.8) is 0 Å². The van der Waals surface area contributed by atoms with E-state index < -0.39 is 0 Å². The Morgan fingerprint density at radius 2 is 1.94 bits per heavy atom. The zero-order valence-corrected chi connectivity index (χ0v) is 11.0. The topological polar surface area (TPSA) is 3.24 Å². The Morgan fingerprint density at radius 1 is 1.11 bits per heavy atom. The largest absolute Gasteiger partial charge is 0.297 e. The fourth-order valence-corrected chi connectivity index (χ4v) is 3.05. The summed E-state index contributed by atoms with van der Waals surface area (Å²) in [6, 6.07) is 16.7. The summed E-state index contributed by atoms with van der Waals surface area (Å²) in [6.07, 6.45) is 4.09. The normalized spacial score (nSPS) is 18.9. The highest BCUT2D eigenvalue weighted by atomic mass is 15.2. The minimum Gasteiger partial charge on any atom is -0.297 e. The Balaban J connectivity index is 1.97. The monoisotopic (exact) mass is 238 g/mol. The molecule has 0 aromatic heterocycles. The lowest BCUT2D eigenvalue weighted by molar-refractivity contribution is 0.176. The highest BCUT2D eigenvalue weighted by molar-refractivity contribution is 5.85. The number of piperidine rings is 1. The van der Waals surface area contributed by atoms with Gasteiger partial charge in [0.1, 0.15) is 0 Å². The van der Waals surface area contributed by atoms with E-state index in [0.29, 0.717) is 6.04 Å². The molecule has 1 heteroatoms. The molecule has 93 valence electrons. The molecule has 0 spiro atoms. The van der Waals surface area contributed by atoms with Crippen LogP contribution >= 0.6 is 0 Å². The highest BCUT2D eigenvalue weighted by Crippen LogP contribution is 2.29. The minimum atomic E-state index is 0.518. The molecule has 3 rings (SSSR count). The van der Waals surface area contributed by atoms with Gasteiger partial charge in [-0.25, -0.2) is 0 Å². The molecule has 1 fully saturated rings. The maximum absolute atomic E-state index is 3.22. The highest BCUT2D eigenvalue weighted by Gasteiger charge is 2.19. The van der Waals surface area contributed by atoms with Crippen LogP contribution in [0, 0.1) is 6.07 Å². The molecule has 2 aromatic rings. The first-order valence-corrected chi connectivity index (χ1v) is 6.99. The van der Waals surface area contributed by atoms with Crippen LogP contribution < -0.4 is 0 Å². The summed E-state index contributed by atoms with van der Waals surface area (Å²) in [6.45, 7) is 4.83. The van der Waals surface area contributed by atoms with Crippen LogP contribution in [0.15, 0.2) is 36.4 Å². The molecular weight excluding hydrogens is 218 g/mol. The fourth-order valence-electron chi connectivity index (χ4n) is 3.05. The van der Waals surface area contributed by atoms with Crippen LogP contribution in [0.5, 0.6) is 0 Å². The van der Waals surface area contributed by atoms with E-state index in [2.05, 4.69) is 48.2 Å². The second-order valence-electron chi connectivity index (χ2n) is 5.27. The molecule has 1 radical (unpaired) electrons. The van der Waals surface area contributed by atoms with Gasteiger partial charge in [-0.1, -0.05) is 36.8 Å². The molecule has 0 bridgehead atoms. The zero-order valence-electron chi connectivity index (χ0n) is 11.0. The Morgan fingerprint density at radius 3 is 2.78 bits per heavy atom. The van der Waals surface area contributed by atoms with Gasteiger partial charge in [-0.05, 0) is 61.3 Å². The second kappa shape index (κ2) is 5.11. The van der Waals surface area contributed by atoms with Crippen LogP contribution in [0.1, 0.15) is 37.8 Å². The van der Waals surface area contributed by atoms with Gasteiger partial charge in [0.05, 0.1) is 0 Å². The molecule has 0 amide bonds. The average molecular weight is 238 g/mol. The maximum atomic E-state index is 3.22. The zero-order chi connectivity index (χ0) is 12.4. The number of hydrogen-bond donors (Lipinski definition) is 0. The Kier molecular flexibility index (Phi) is 3.33. The van der Waals surface area contributed by atoms with Crippen molar-refractivity contribution >= 4 is 10.8 Å². The van der Waals surface area contributed by atoms with E-state index in [0.717, 1.165) is 0 Å². The summed E-state index contributed by atoms with van der Waals surface area (Å²) in [5, 5.41) is 2.69. The number of hydrogen-bond acceptors (Lipinski definition) is 1. The maximum Gasteiger partial charge on any atom is 0.0326 e. The summed E-state index contributed by atoms with van der Waals surface area (Å²) in [7, 11) is 0. The second-order valence-corrected chi connectivity index (χ2v) is 5.27. The summed E-state index contributed by atoms with van der Waals surface area (Å²) >= 11 is 0. The molecule has 1 heterocycles. The molecule has 1 nitrogen and oxygen atoms in total. The van der Waals surface area contributed by atoms with Crippen LogP contribution in [0.25, 0.3) is 10.8 Å². The Hall–Kier alpha value is -1.34. The van der Waals surface area contributed by atoms with Gasteiger partial charge >= 0.3 is 0 Å². The van der Waals surface area contributed by atoms with Gasteiger partial charge in [-0.15, -0.1) is 0 Å². The van der Waals surface area contributed by atoms with Gasteiger partial charge < -0.3 is 0 Å². The third-order valence-electron chi connectivity index (χ3n) is 4.15. The average Bonchev–Trinajstić information content (AvgIpc) is 2.47. The lowest BCUT2D eigenvalue weighted by Crippen LogP contribution is -2.32. The van der Waals surface area contributed by atoms with Gasteiger partial charge in [0, 0.05) is 6.04 Å². The molecule has 1 aliphatic heterocycles. The number of benzene rings is 2. The van der Waals surface area contributed by atoms with Crippen LogP contribution in [0.4, 0.5) is 0 Å². The molecule has 1 aliphatic rings. The SMILES string of the molecule is CC(c1cccc2cc[c]cc12)N1CCCCC1. The number of likely N-dealkylation sites (tertiary alicyclic amines) is 1. The predicted octanol–water partition coefficient (Wildman–Crippen LogP) is 4.19. The predicted molar refractivity (Wildman–Crippen MR) is 76.6 cm³/mol. The van der Waals surface area contributed by atoms with Crippen molar-refractivity contribution in [2.45, 2.75) is 32.2 Å². The first kappa shape index (κ1) is 11.7. The first-order valence-electron chi connectivity index (χ1n) is 6.99. The molecule has 0 saturated carbocycles. The molecule has 1 unspecified atom stereocenters. The van der Waals surface area contributed by atoms with E-state index in [1.807, 2.05) is 6.07 Å². The van der Waals surface area contributed by atoms with Crippen molar-refractivity contribution in [1.82, 2.24) is 4.90 Å². The van der Waals surface area contributed by atoms with Crippen molar-refractivity contribution in [2.24, 2.45) is 0 Å². The van der Waals surface area contributed by atoms with E-state index in [-0.39, 0.29) is 0 Å². The van der Waals surface area contributed by atoms with Gasteiger partial charge in [0.2, 0.25) is 0 Å². The molecule has 18 heavy (non-hydrogen) atoms. The van der Waals surface area contributed by atoms with Crippen LogP contribution in [-0.2, 0) is 0 Å². The van der Waals surface area contributed by atoms with E-state index in [4.69, 9.17) is 0 Å². The van der Waals surface area contributed by atoms with E-state index >= 15 is 0 Å². The lowest BCUT2D eigenvalue weighted by atomic mass is 9.97. The quantitative estimate of drug-likeness (QED) is 0.758. The third kappa shape index (κ3) is 2.15. The van der Waals surface area contributed by atoms with E-state index in [1.54, 1.807) is 0 Å². The van der Waals surface area contributed by atoms with Crippen molar-refractivity contribution in [2.75, 3.05) is 13.1 Å². The molecule has 0 N–H and O–H groups in total. The number of fused-ring (bicyclic) bond motifs is 1. The van der Waals surface area contributed by atoms with E-state index in [1.165, 1.54) is 48.7 Å². The van der Waals surface area contributed by atoms with E-state index in [9.17, 15) is 0 Å². The van der Waals surface area contributed by atoms with Crippen LogP contribution in [-0.4, -0.2) is 18.0 Å².